The number of Topliss-reactive ketones (excluding diaryl/α,β-unsaturated/α-hetero) is 1. The van der Waals surface area contributed by atoms with Crippen molar-refractivity contribution in [1.29, 1.82) is 0 Å². The molecule has 0 bridgehead atoms. The molecule has 2 heterocycles. The lowest BCUT2D eigenvalue weighted by Gasteiger charge is -2.15. The van der Waals surface area contributed by atoms with E-state index < -0.39 is 52.7 Å². The summed E-state index contributed by atoms with van der Waals surface area (Å²) in [5, 5.41) is 8.25. The lowest BCUT2D eigenvalue weighted by molar-refractivity contribution is 0.105. The summed E-state index contributed by atoms with van der Waals surface area (Å²) in [5.41, 5.74) is 1.38. The van der Waals surface area contributed by atoms with Crippen molar-refractivity contribution in [2.24, 2.45) is 15.1 Å². The van der Waals surface area contributed by atoms with E-state index >= 15 is 0 Å². The van der Waals surface area contributed by atoms with E-state index in [0.29, 0.717) is 6.07 Å². The van der Waals surface area contributed by atoms with Crippen LogP contribution in [0.3, 0.4) is 0 Å². The Morgan fingerprint density at radius 3 is 2.57 bits per heavy atom. The fourth-order valence-corrected chi connectivity index (χ4v) is 2.97. The molecule has 3 N–H and O–H groups in total. The number of nitrogens with one attached hydrogen (secondary N) is 3. The first-order valence-corrected chi connectivity index (χ1v) is 8.68. The van der Waals surface area contributed by atoms with Gasteiger partial charge >= 0.3 is 6.03 Å². The maximum absolute atomic E-state index is 14.9. The lowest BCUT2D eigenvalue weighted by Crippen LogP contribution is -2.36. The molecular weight excluding hydrogens is 401 g/mol. The summed E-state index contributed by atoms with van der Waals surface area (Å²) >= 11 is 0. The SMILES string of the molecule is O=C(Nc1cccc(F)c1)Nc1cc(F)cc(C(=O)C2=NNC3N=CC=NC23)c1F. The molecule has 8 nitrogen and oxygen atoms in total. The molecule has 0 aliphatic carbocycles. The molecule has 4 rings (SSSR count). The summed E-state index contributed by atoms with van der Waals surface area (Å²) < 4.78 is 42.2. The van der Waals surface area contributed by atoms with Crippen molar-refractivity contribution >= 4 is 41.3 Å². The highest BCUT2D eigenvalue weighted by Crippen LogP contribution is 2.24. The largest absolute Gasteiger partial charge is 0.323 e. The lowest BCUT2D eigenvalue weighted by atomic mass is 9.99. The maximum atomic E-state index is 14.9. The van der Waals surface area contributed by atoms with Crippen LogP contribution >= 0.6 is 0 Å². The minimum absolute atomic E-state index is 0.105. The molecule has 2 amide bonds. The number of anilines is 2. The summed E-state index contributed by atoms with van der Waals surface area (Å²) in [6.07, 6.45) is 2.21. The van der Waals surface area contributed by atoms with Crippen molar-refractivity contribution in [3.05, 3.63) is 59.4 Å². The minimum atomic E-state index is -1.15. The van der Waals surface area contributed by atoms with Gasteiger partial charge in [0.15, 0.2) is 12.0 Å². The highest BCUT2D eigenvalue weighted by molar-refractivity contribution is 6.48. The number of rotatable bonds is 4. The monoisotopic (exact) mass is 414 g/mol. The van der Waals surface area contributed by atoms with Crippen molar-refractivity contribution in [3.8, 4) is 0 Å². The molecule has 0 aromatic heterocycles. The zero-order chi connectivity index (χ0) is 21.3. The van der Waals surface area contributed by atoms with Crippen molar-refractivity contribution < 1.29 is 22.8 Å². The normalized spacial score (nSPS) is 19.0. The Morgan fingerprint density at radius 2 is 1.77 bits per heavy atom. The van der Waals surface area contributed by atoms with Crippen molar-refractivity contribution in [2.75, 3.05) is 10.6 Å². The molecule has 2 unspecified atom stereocenters. The third kappa shape index (κ3) is 3.77. The van der Waals surface area contributed by atoms with Crippen molar-refractivity contribution in [2.45, 2.75) is 12.2 Å². The van der Waals surface area contributed by atoms with E-state index in [2.05, 4.69) is 31.1 Å². The van der Waals surface area contributed by atoms with Gasteiger partial charge in [-0.1, -0.05) is 6.07 Å². The Bertz CT molecular complexity index is 1130. The summed E-state index contributed by atoms with van der Waals surface area (Å²) in [6.45, 7) is 0. The van der Waals surface area contributed by atoms with Gasteiger partial charge in [-0.15, -0.1) is 0 Å². The molecule has 11 heteroatoms. The molecule has 0 radical (unpaired) electrons. The number of amides is 2. The second-order valence-corrected chi connectivity index (χ2v) is 6.35. The van der Waals surface area contributed by atoms with Crippen LogP contribution in [0.25, 0.3) is 0 Å². The number of benzene rings is 2. The molecule has 2 aromatic carbocycles. The van der Waals surface area contributed by atoms with Crippen LogP contribution in [-0.4, -0.2) is 42.2 Å². The van der Waals surface area contributed by atoms with Gasteiger partial charge in [-0.25, -0.2) is 18.0 Å². The number of carbonyl (C=O) groups excluding carboxylic acids is 2. The number of ketones is 1. The topological polar surface area (TPSA) is 107 Å². The third-order valence-electron chi connectivity index (χ3n) is 4.30. The molecule has 0 spiro atoms. The Kier molecular flexibility index (Phi) is 5.00. The molecular formula is C19H13F3N6O2. The smallest absolute Gasteiger partial charge is 0.308 e. The second kappa shape index (κ2) is 7.78. The fraction of sp³-hybridized carbons (Fsp3) is 0.105. The zero-order valence-electron chi connectivity index (χ0n) is 15.1. The molecule has 0 saturated heterocycles. The highest BCUT2D eigenvalue weighted by atomic mass is 19.1. The average molecular weight is 414 g/mol. The number of hydrazone groups is 1. The molecule has 30 heavy (non-hydrogen) atoms. The van der Waals surface area contributed by atoms with Gasteiger partial charge in [0.1, 0.15) is 23.4 Å². The van der Waals surface area contributed by atoms with E-state index in [9.17, 15) is 22.8 Å². The first-order valence-electron chi connectivity index (χ1n) is 8.68. The number of hydrogen-bond donors (Lipinski definition) is 3. The van der Waals surface area contributed by atoms with Crippen LogP contribution in [0.5, 0.6) is 0 Å². The van der Waals surface area contributed by atoms with Gasteiger partial charge in [-0.2, -0.15) is 5.10 Å². The maximum Gasteiger partial charge on any atom is 0.323 e. The summed E-state index contributed by atoms with van der Waals surface area (Å²) in [4.78, 5) is 33.0. The predicted octanol–water partition coefficient (Wildman–Crippen LogP) is 2.74. The van der Waals surface area contributed by atoms with E-state index in [1.165, 1.54) is 30.6 Å². The summed E-state index contributed by atoms with van der Waals surface area (Å²) in [6, 6.07) is 4.72. The molecule has 2 aliphatic rings. The van der Waals surface area contributed by atoms with Gasteiger partial charge in [-0.3, -0.25) is 20.2 Å². The van der Waals surface area contributed by atoms with Crippen LogP contribution in [0.4, 0.5) is 29.3 Å². The number of aliphatic imine (C=N–C) groups is 2. The van der Waals surface area contributed by atoms with Crippen molar-refractivity contribution in [1.82, 2.24) is 5.43 Å². The second-order valence-electron chi connectivity index (χ2n) is 6.35. The summed E-state index contributed by atoms with van der Waals surface area (Å²) in [5.74, 6) is -3.58. The third-order valence-corrected chi connectivity index (χ3v) is 4.30. The average Bonchev–Trinajstić information content (AvgIpc) is 3.14. The Hall–Kier alpha value is -4.02. The van der Waals surface area contributed by atoms with Crippen LogP contribution in [0, 0.1) is 17.5 Å². The quantitative estimate of drug-likeness (QED) is 0.670. The first kappa shape index (κ1) is 19.3. The van der Waals surface area contributed by atoms with Gasteiger partial charge in [0.2, 0.25) is 5.78 Å². The number of carbonyl (C=O) groups is 2. The molecule has 152 valence electrons. The van der Waals surface area contributed by atoms with Gasteiger partial charge in [0, 0.05) is 24.2 Å². The zero-order valence-corrected chi connectivity index (χ0v) is 15.1. The Morgan fingerprint density at radius 1 is 0.967 bits per heavy atom. The van der Waals surface area contributed by atoms with Crippen LogP contribution in [-0.2, 0) is 0 Å². The van der Waals surface area contributed by atoms with Gasteiger partial charge in [-0.05, 0) is 24.3 Å². The number of nitrogens with zero attached hydrogens (tertiary/aromatic N) is 3. The Labute approximate surface area is 167 Å². The molecule has 2 atom stereocenters. The van der Waals surface area contributed by atoms with E-state index in [4.69, 9.17) is 0 Å². The highest BCUT2D eigenvalue weighted by Gasteiger charge is 2.37. The van der Waals surface area contributed by atoms with Gasteiger partial charge in [0.05, 0.1) is 11.3 Å². The van der Waals surface area contributed by atoms with Crippen LogP contribution in [0.1, 0.15) is 10.4 Å². The van der Waals surface area contributed by atoms with E-state index in [0.717, 1.165) is 12.1 Å². The van der Waals surface area contributed by atoms with Crippen LogP contribution in [0.2, 0.25) is 0 Å². The van der Waals surface area contributed by atoms with Gasteiger partial charge < -0.3 is 10.6 Å². The fourth-order valence-electron chi connectivity index (χ4n) is 2.97. The number of halogens is 3. The van der Waals surface area contributed by atoms with Crippen LogP contribution < -0.4 is 16.1 Å². The number of urea groups is 1. The first-order chi connectivity index (χ1) is 14.4. The Balaban J connectivity index is 1.56. The molecule has 0 saturated carbocycles. The van der Waals surface area contributed by atoms with E-state index in [-0.39, 0.29) is 11.4 Å². The van der Waals surface area contributed by atoms with E-state index in [1.807, 2.05) is 0 Å². The van der Waals surface area contributed by atoms with Crippen LogP contribution in [0.15, 0.2) is 51.5 Å². The molecule has 0 fully saturated rings. The molecule has 2 aromatic rings. The standard InChI is InChI=1S/C19H13F3N6O2/c20-9-2-1-3-11(6-9)25-19(30)26-13-8-10(21)7-12(14(13)22)17(29)15-16-18(28-27-15)24-5-4-23-16/h1-8,16,18,28H,(H2,25,26,30). The number of fused-ring (bicyclic) bond motifs is 1. The minimum Gasteiger partial charge on any atom is -0.308 e. The van der Waals surface area contributed by atoms with Gasteiger partial charge in [0.25, 0.3) is 0 Å². The molecule has 2 aliphatic heterocycles. The number of hydrogen-bond acceptors (Lipinski definition) is 6. The summed E-state index contributed by atoms with van der Waals surface area (Å²) in [7, 11) is 0. The van der Waals surface area contributed by atoms with E-state index in [1.54, 1.807) is 0 Å². The predicted molar refractivity (Wildman–Crippen MR) is 105 cm³/mol. The van der Waals surface area contributed by atoms with Crippen molar-refractivity contribution in [3.63, 3.8) is 0 Å².